The Balaban J connectivity index is 0.00000290. The molecular weight excluding hydrogens is 567 g/mol. The number of halogens is 3. The molecule has 1 atom stereocenters. The predicted octanol–water partition coefficient (Wildman–Crippen LogP) is 9.49. The van der Waals surface area contributed by atoms with E-state index in [1.54, 1.807) is 20.4 Å². The van der Waals surface area contributed by atoms with Gasteiger partial charge in [0.1, 0.15) is 23.0 Å². The zero-order valence-corrected chi connectivity index (χ0v) is 27.6. The van der Waals surface area contributed by atoms with Crippen molar-refractivity contribution < 1.29 is 22.6 Å². The fourth-order valence-electron chi connectivity index (χ4n) is 3.70. The normalized spacial score (nSPS) is 11.2. The molecule has 0 aliphatic rings. The highest BCUT2D eigenvalue weighted by molar-refractivity contribution is 5.68. The summed E-state index contributed by atoms with van der Waals surface area (Å²) in [6, 6.07) is 13.3. The van der Waals surface area contributed by atoms with Gasteiger partial charge in [-0.3, -0.25) is 4.98 Å². The van der Waals surface area contributed by atoms with Crippen LogP contribution < -0.4 is 20.1 Å². The van der Waals surface area contributed by atoms with Crippen LogP contribution in [0.1, 0.15) is 83.9 Å². The van der Waals surface area contributed by atoms with Gasteiger partial charge in [-0.1, -0.05) is 45.4 Å². The van der Waals surface area contributed by atoms with Gasteiger partial charge in [-0.2, -0.15) is 13.2 Å². The lowest BCUT2D eigenvalue weighted by atomic mass is 10.0. The van der Waals surface area contributed by atoms with Gasteiger partial charge in [-0.05, 0) is 82.0 Å². The van der Waals surface area contributed by atoms with Gasteiger partial charge in [0, 0.05) is 36.1 Å². The molecule has 0 fully saturated rings. The minimum atomic E-state index is -4.51. The number of nitrogens with one attached hydrogen (secondary N) is 3. The lowest BCUT2D eigenvalue weighted by Crippen LogP contribution is -2.19. The maximum atomic E-state index is 13.1. The number of anilines is 1. The second-order valence-corrected chi connectivity index (χ2v) is 9.02. The van der Waals surface area contributed by atoms with Crippen molar-refractivity contribution in [3.63, 3.8) is 0 Å². The van der Waals surface area contributed by atoms with Gasteiger partial charge in [0.15, 0.2) is 0 Å². The molecule has 0 radical (unpaired) electrons. The van der Waals surface area contributed by atoms with Crippen LogP contribution in [0.15, 0.2) is 72.1 Å². The molecule has 3 N–H and O–H groups in total. The van der Waals surface area contributed by atoms with Crippen molar-refractivity contribution in [2.24, 2.45) is 0 Å². The molecule has 242 valence electrons. The summed E-state index contributed by atoms with van der Waals surface area (Å²) in [5, 5.41) is 12.0. The summed E-state index contributed by atoms with van der Waals surface area (Å²) in [7, 11) is 3.24. The second-order valence-electron chi connectivity index (χ2n) is 9.02. The van der Waals surface area contributed by atoms with Crippen molar-refractivity contribution in [1.29, 1.82) is 5.41 Å². The first kappa shape index (κ1) is 39.8. The smallest absolute Gasteiger partial charge is 0.433 e. The molecular formula is C34H48F3N5O2. The van der Waals surface area contributed by atoms with Crippen molar-refractivity contribution >= 4 is 18.1 Å². The third-order valence-corrected chi connectivity index (χ3v) is 5.97. The molecule has 0 bridgehead atoms. The topological polar surface area (TPSA) is 92.2 Å². The SMILES string of the molecule is C=N.CC.CC.COc1ccc(CNC(C)c2cc(/C(C)=C/C(Nc3cccc(C(F)(F)F)n3)=C(C)C)ccn2)c(OC)c1. The van der Waals surface area contributed by atoms with Crippen LogP contribution in [0.25, 0.3) is 5.57 Å². The van der Waals surface area contributed by atoms with Gasteiger partial charge < -0.3 is 25.5 Å². The average Bonchev–Trinajstić information content (AvgIpc) is 3.05. The number of methoxy groups -OCH3 is 2. The van der Waals surface area contributed by atoms with Crippen molar-refractivity contribution in [2.75, 3.05) is 19.5 Å². The number of alkyl halides is 3. The first-order valence-electron chi connectivity index (χ1n) is 14.4. The summed E-state index contributed by atoms with van der Waals surface area (Å²) in [4.78, 5) is 8.25. The molecule has 0 aliphatic heterocycles. The Bertz CT molecular complexity index is 1340. The number of aromatic nitrogens is 2. The quantitative estimate of drug-likeness (QED) is 0.155. The third-order valence-electron chi connectivity index (χ3n) is 5.97. The van der Waals surface area contributed by atoms with Crippen LogP contribution in [0.3, 0.4) is 0 Å². The largest absolute Gasteiger partial charge is 0.497 e. The minimum absolute atomic E-state index is 0.0510. The van der Waals surface area contributed by atoms with E-state index in [9.17, 15) is 13.2 Å². The van der Waals surface area contributed by atoms with Crippen molar-refractivity contribution in [1.82, 2.24) is 15.3 Å². The van der Waals surface area contributed by atoms with E-state index in [1.807, 2.05) is 91.8 Å². The Kier molecular flexibility index (Phi) is 18.7. The number of pyridine rings is 2. The summed E-state index contributed by atoms with van der Waals surface area (Å²) in [5.41, 5.74) is 4.36. The van der Waals surface area contributed by atoms with Gasteiger partial charge in [0.05, 0.1) is 19.9 Å². The van der Waals surface area contributed by atoms with Crippen LogP contribution in [-0.2, 0) is 12.7 Å². The van der Waals surface area contributed by atoms with E-state index in [-0.39, 0.29) is 11.9 Å². The van der Waals surface area contributed by atoms with Gasteiger partial charge in [-0.15, -0.1) is 0 Å². The number of ether oxygens (including phenoxy) is 2. The highest BCUT2D eigenvalue weighted by Gasteiger charge is 2.32. The van der Waals surface area contributed by atoms with E-state index >= 15 is 0 Å². The van der Waals surface area contributed by atoms with Gasteiger partial charge in [0.25, 0.3) is 0 Å². The Morgan fingerprint density at radius 1 is 0.977 bits per heavy atom. The molecule has 1 unspecified atom stereocenters. The van der Waals surface area contributed by atoms with E-state index in [2.05, 4.69) is 27.3 Å². The molecule has 7 nitrogen and oxygen atoms in total. The standard InChI is InChI=1S/C29H33F3N4O2.2C2H6.CH3N/c1-18(2)24(35-28-9-7-8-27(36-28)29(30,31)32)14-19(3)21-12-13-33-25(15-21)20(4)34-17-22-10-11-23(37-5)16-26(22)38-6;3*1-2/h7-16,20,34H,17H2,1-6H3,(H,35,36);2*1-2H3;2H,1H2/b19-14+;;;. The lowest BCUT2D eigenvalue weighted by Gasteiger charge is -2.17. The molecule has 0 amide bonds. The molecule has 0 spiro atoms. The van der Waals surface area contributed by atoms with Gasteiger partial charge in [0.2, 0.25) is 0 Å². The van der Waals surface area contributed by atoms with Crippen LogP contribution in [0.4, 0.5) is 19.0 Å². The van der Waals surface area contributed by atoms with Gasteiger partial charge >= 0.3 is 6.18 Å². The summed E-state index contributed by atoms with van der Waals surface area (Å²) < 4.78 is 50.0. The van der Waals surface area contributed by atoms with Crippen LogP contribution in [0, 0.1) is 5.41 Å². The maximum absolute atomic E-state index is 13.1. The summed E-state index contributed by atoms with van der Waals surface area (Å²) >= 11 is 0. The number of rotatable bonds is 10. The Labute approximate surface area is 261 Å². The number of allylic oxidation sites excluding steroid dienone is 3. The number of benzene rings is 1. The van der Waals surface area contributed by atoms with Crippen molar-refractivity contribution in [2.45, 2.75) is 74.2 Å². The molecule has 0 saturated carbocycles. The first-order valence-corrected chi connectivity index (χ1v) is 14.4. The summed E-state index contributed by atoms with van der Waals surface area (Å²) in [6.07, 6.45) is -0.861. The summed E-state index contributed by atoms with van der Waals surface area (Å²) in [6.45, 7) is 18.8. The molecule has 0 aliphatic carbocycles. The van der Waals surface area contributed by atoms with Gasteiger partial charge in [-0.25, -0.2) is 4.98 Å². The number of hydrogen-bond acceptors (Lipinski definition) is 7. The van der Waals surface area contributed by atoms with E-state index < -0.39 is 11.9 Å². The molecule has 2 heterocycles. The zero-order valence-electron chi connectivity index (χ0n) is 27.6. The minimum Gasteiger partial charge on any atom is -0.497 e. The molecule has 3 rings (SSSR count). The molecule has 1 aromatic carbocycles. The van der Waals surface area contributed by atoms with E-state index in [4.69, 9.17) is 14.9 Å². The predicted molar refractivity (Wildman–Crippen MR) is 176 cm³/mol. The van der Waals surface area contributed by atoms with E-state index in [0.29, 0.717) is 12.2 Å². The summed E-state index contributed by atoms with van der Waals surface area (Å²) in [5.74, 6) is 1.59. The fourth-order valence-corrected chi connectivity index (χ4v) is 3.70. The fraction of sp³-hybridized carbons (Fsp3) is 0.382. The molecule has 3 aromatic rings. The maximum Gasteiger partial charge on any atom is 0.433 e. The number of hydrogen-bond donors (Lipinski definition) is 3. The Morgan fingerprint density at radius 3 is 2.20 bits per heavy atom. The third kappa shape index (κ3) is 12.6. The number of nitrogens with zero attached hydrogens (tertiary/aromatic N) is 2. The molecule has 0 saturated heterocycles. The van der Waals surface area contributed by atoms with Crippen LogP contribution >= 0.6 is 0 Å². The zero-order chi connectivity index (χ0) is 33.9. The van der Waals surface area contributed by atoms with Crippen LogP contribution in [0.2, 0.25) is 0 Å². The average molecular weight is 616 g/mol. The Morgan fingerprint density at radius 2 is 1.64 bits per heavy atom. The molecule has 10 heteroatoms. The van der Waals surface area contributed by atoms with E-state index in [0.717, 1.165) is 45.5 Å². The lowest BCUT2D eigenvalue weighted by molar-refractivity contribution is -0.141. The van der Waals surface area contributed by atoms with Crippen molar-refractivity contribution in [3.05, 3.63) is 94.6 Å². The van der Waals surface area contributed by atoms with Crippen LogP contribution in [-0.4, -0.2) is 30.9 Å². The van der Waals surface area contributed by atoms with E-state index in [1.165, 1.54) is 12.1 Å². The highest BCUT2D eigenvalue weighted by atomic mass is 19.4. The highest BCUT2D eigenvalue weighted by Crippen LogP contribution is 2.29. The molecule has 2 aromatic heterocycles. The second kappa shape index (κ2) is 20.7. The molecule has 44 heavy (non-hydrogen) atoms. The van der Waals surface area contributed by atoms with Crippen molar-refractivity contribution in [3.8, 4) is 11.5 Å². The Hall–Kier alpha value is -4.18. The first-order chi connectivity index (χ1) is 21.0. The van der Waals surface area contributed by atoms with Crippen LogP contribution in [0.5, 0.6) is 11.5 Å². The monoisotopic (exact) mass is 615 g/mol.